The van der Waals surface area contributed by atoms with E-state index in [4.69, 9.17) is 4.74 Å². The molecule has 2 saturated heterocycles. The summed E-state index contributed by atoms with van der Waals surface area (Å²) >= 11 is 1.52. The van der Waals surface area contributed by atoms with Gasteiger partial charge in [-0.2, -0.15) is 0 Å². The third-order valence-electron chi connectivity index (χ3n) is 6.19. The third kappa shape index (κ3) is 4.32. The van der Waals surface area contributed by atoms with Crippen LogP contribution in [0.3, 0.4) is 0 Å². The van der Waals surface area contributed by atoms with Crippen LogP contribution in [0.25, 0.3) is 10.2 Å². The molecule has 0 spiro atoms. The summed E-state index contributed by atoms with van der Waals surface area (Å²) in [5.74, 6) is 1.59. The van der Waals surface area contributed by atoms with Crippen LogP contribution in [0.2, 0.25) is 0 Å². The zero-order valence-electron chi connectivity index (χ0n) is 18.2. The molecule has 1 amide bonds. The Morgan fingerprint density at radius 1 is 1.10 bits per heavy atom. The van der Waals surface area contributed by atoms with Gasteiger partial charge in [-0.15, -0.1) is 11.3 Å². The number of piperidine rings is 1. The smallest absolute Gasteiger partial charge is 0.264 e. The molecule has 2 aliphatic heterocycles. The monoisotopic (exact) mass is 416 g/mol. The molecule has 7 heteroatoms. The topological polar surface area (TPSA) is 58.6 Å². The van der Waals surface area contributed by atoms with Crippen molar-refractivity contribution in [2.75, 3.05) is 32.7 Å². The van der Waals surface area contributed by atoms with E-state index < -0.39 is 0 Å². The van der Waals surface area contributed by atoms with Crippen molar-refractivity contribution in [2.24, 2.45) is 5.92 Å². The van der Waals surface area contributed by atoms with E-state index in [1.807, 2.05) is 25.7 Å². The van der Waals surface area contributed by atoms with Crippen LogP contribution in [0.1, 0.15) is 53.4 Å². The Balaban J connectivity index is 1.40. The fraction of sp³-hybridized carbons (Fsp3) is 0.682. The maximum Gasteiger partial charge on any atom is 0.264 e. The molecule has 2 aromatic rings. The molecule has 2 aromatic heterocycles. The molecule has 158 valence electrons. The molecule has 0 radical (unpaired) electrons. The van der Waals surface area contributed by atoms with Gasteiger partial charge in [0.1, 0.15) is 10.7 Å². The Bertz CT molecular complexity index is 894. The molecule has 2 aliphatic rings. The Hall–Kier alpha value is -1.57. The number of carbonyl (C=O) groups excluding carboxylic acids is 1. The van der Waals surface area contributed by atoms with Crippen LogP contribution in [-0.4, -0.2) is 70.6 Å². The van der Waals surface area contributed by atoms with Crippen molar-refractivity contribution < 1.29 is 9.53 Å². The van der Waals surface area contributed by atoms with E-state index in [1.54, 1.807) is 0 Å². The first-order valence-electron chi connectivity index (χ1n) is 10.7. The van der Waals surface area contributed by atoms with Gasteiger partial charge >= 0.3 is 0 Å². The first-order valence-corrected chi connectivity index (χ1v) is 11.5. The summed E-state index contributed by atoms with van der Waals surface area (Å²) in [5, 5.41) is 1.05. The Morgan fingerprint density at radius 3 is 2.41 bits per heavy atom. The largest absolute Gasteiger partial charge is 0.373 e. The fourth-order valence-corrected chi connectivity index (χ4v) is 6.18. The molecule has 0 saturated carbocycles. The summed E-state index contributed by atoms with van der Waals surface area (Å²) in [6.07, 6.45) is 2.78. The zero-order valence-corrected chi connectivity index (χ0v) is 19.0. The number of likely N-dealkylation sites (tertiary alicyclic amines) is 1. The highest BCUT2D eigenvalue weighted by Gasteiger charge is 2.30. The van der Waals surface area contributed by atoms with Crippen LogP contribution in [0.15, 0.2) is 0 Å². The van der Waals surface area contributed by atoms with Gasteiger partial charge < -0.3 is 9.64 Å². The maximum absolute atomic E-state index is 13.2. The number of ether oxygens (including phenoxy) is 1. The summed E-state index contributed by atoms with van der Waals surface area (Å²) in [6, 6.07) is 0. The number of nitrogens with zero attached hydrogens (tertiary/aromatic N) is 4. The van der Waals surface area contributed by atoms with E-state index in [0.29, 0.717) is 18.1 Å². The number of thiophene rings is 1. The van der Waals surface area contributed by atoms with Gasteiger partial charge in [-0.05, 0) is 58.9 Å². The van der Waals surface area contributed by atoms with E-state index in [0.717, 1.165) is 77.7 Å². The van der Waals surface area contributed by atoms with Crippen molar-refractivity contribution in [2.45, 2.75) is 59.7 Å². The van der Waals surface area contributed by atoms with Crippen molar-refractivity contribution in [3.05, 3.63) is 22.0 Å². The number of aryl methyl sites for hydroxylation is 3. The third-order valence-corrected chi connectivity index (χ3v) is 7.36. The number of hydrogen-bond acceptors (Lipinski definition) is 6. The molecule has 2 atom stereocenters. The lowest BCUT2D eigenvalue weighted by molar-refractivity contribution is -0.0728. The van der Waals surface area contributed by atoms with Crippen LogP contribution in [0.5, 0.6) is 0 Å². The van der Waals surface area contributed by atoms with Crippen LogP contribution in [0, 0.1) is 26.7 Å². The summed E-state index contributed by atoms with van der Waals surface area (Å²) in [7, 11) is 0. The van der Waals surface area contributed by atoms with Gasteiger partial charge in [0.15, 0.2) is 0 Å². The Labute approximate surface area is 177 Å². The van der Waals surface area contributed by atoms with Gasteiger partial charge in [-0.25, -0.2) is 9.97 Å². The average molecular weight is 417 g/mol. The Morgan fingerprint density at radius 2 is 1.76 bits per heavy atom. The van der Waals surface area contributed by atoms with Crippen molar-refractivity contribution in [1.82, 2.24) is 19.8 Å². The quantitative estimate of drug-likeness (QED) is 0.765. The number of amides is 1. The van der Waals surface area contributed by atoms with E-state index in [2.05, 4.69) is 28.7 Å². The number of hydrogen-bond donors (Lipinski definition) is 0. The van der Waals surface area contributed by atoms with Crippen molar-refractivity contribution >= 4 is 27.5 Å². The van der Waals surface area contributed by atoms with Gasteiger partial charge in [0.25, 0.3) is 5.91 Å². The first kappa shape index (κ1) is 20.7. The molecule has 2 fully saturated rings. The second-order valence-corrected chi connectivity index (χ2v) is 9.80. The Kier molecular flexibility index (Phi) is 5.91. The number of morpholine rings is 1. The van der Waals surface area contributed by atoms with E-state index in [-0.39, 0.29) is 5.91 Å². The van der Waals surface area contributed by atoms with E-state index in [1.165, 1.54) is 11.3 Å². The number of aromatic nitrogens is 2. The molecule has 0 N–H and O–H groups in total. The molecule has 29 heavy (non-hydrogen) atoms. The maximum atomic E-state index is 13.2. The molecule has 0 aromatic carbocycles. The van der Waals surface area contributed by atoms with Gasteiger partial charge in [0.2, 0.25) is 0 Å². The standard InChI is InChI=1S/C22H32N4O2S/c1-13-10-25(11-14(2)28-13)12-18-6-8-26(9-7-18)22(27)20-15(3)19-16(4)23-17(5)24-21(19)29-20/h13-14,18H,6-12H2,1-5H3. The normalized spacial score (nSPS) is 24.4. The highest BCUT2D eigenvalue weighted by molar-refractivity contribution is 7.20. The molecular formula is C22H32N4O2S. The minimum absolute atomic E-state index is 0.162. The molecule has 0 aliphatic carbocycles. The molecular weight excluding hydrogens is 384 g/mol. The predicted octanol–water partition coefficient (Wildman–Crippen LogP) is 3.58. The fourth-order valence-electron chi connectivity index (χ4n) is 4.94. The minimum atomic E-state index is 0.162. The summed E-state index contributed by atoms with van der Waals surface area (Å²) in [4.78, 5) is 28.6. The highest BCUT2D eigenvalue weighted by Crippen LogP contribution is 2.33. The first-order chi connectivity index (χ1) is 13.8. The van der Waals surface area contributed by atoms with Crippen LogP contribution < -0.4 is 0 Å². The van der Waals surface area contributed by atoms with Crippen LogP contribution in [-0.2, 0) is 4.74 Å². The lowest BCUT2D eigenvalue weighted by Crippen LogP contribution is -2.48. The zero-order chi connectivity index (χ0) is 20.7. The van der Waals surface area contributed by atoms with Crippen molar-refractivity contribution in [3.8, 4) is 0 Å². The SMILES string of the molecule is Cc1nc(C)c2c(C)c(C(=O)N3CCC(CN4CC(C)OC(C)C4)CC3)sc2n1. The summed E-state index contributed by atoms with van der Waals surface area (Å²) in [6.45, 7) is 15.1. The lowest BCUT2D eigenvalue weighted by atomic mass is 9.95. The van der Waals surface area contributed by atoms with E-state index >= 15 is 0 Å². The number of carbonyl (C=O) groups is 1. The lowest BCUT2D eigenvalue weighted by Gasteiger charge is -2.39. The van der Waals surface area contributed by atoms with E-state index in [9.17, 15) is 4.79 Å². The minimum Gasteiger partial charge on any atom is -0.373 e. The van der Waals surface area contributed by atoms with Crippen LogP contribution in [0.4, 0.5) is 0 Å². The molecule has 2 unspecified atom stereocenters. The second kappa shape index (κ2) is 8.28. The van der Waals surface area contributed by atoms with Crippen molar-refractivity contribution in [3.63, 3.8) is 0 Å². The predicted molar refractivity (Wildman–Crippen MR) is 117 cm³/mol. The number of rotatable bonds is 3. The van der Waals surface area contributed by atoms with Gasteiger partial charge in [0, 0.05) is 43.8 Å². The average Bonchev–Trinajstić information content (AvgIpc) is 2.97. The van der Waals surface area contributed by atoms with Gasteiger partial charge in [-0.3, -0.25) is 9.69 Å². The molecule has 6 nitrogen and oxygen atoms in total. The highest BCUT2D eigenvalue weighted by atomic mass is 32.1. The molecule has 4 heterocycles. The molecule has 4 rings (SSSR count). The summed E-state index contributed by atoms with van der Waals surface area (Å²) in [5.41, 5.74) is 2.00. The second-order valence-electron chi connectivity index (χ2n) is 8.80. The van der Waals surface area contributed by atoms with Gasteiger partial charge in [0.05, 0.1) is 17.1 Å². The number of fused-ring (bicyclic) bond motifs is 1. The van der Waals surface area contributed by atoms with Crippen LogP contribution >= 0.6 is 11.3 Å². The van der Waals surface area contributed by atoms with Gasteiger partial charge in [-0.1, -0.05) is 0 Å². The summed E-state index contributed by atoms with van der Waals surface area (Å²) < 4.78 is 5.85. The van der Waals surface area contributed by atoms with Crippen molar-refractivity contribution in [1.29, 1.82) is 0 Å². The molecule has 0 bridgehead atoms.